The summed E-state index contributed by atoms with van der Waals surface area (Å²) in [7, 11) is 0. The Labute approximate surface area is 314 Å². The molecule has 0 bridgehead atoms. The maximum Gasteiger partial charge on any atom is 0.418 e. The molecule has 4 aliphatic heterocycles. The first kappa shape index (κ1) is 37.7. The second kappa shape index (κ2) is 14.6. The Kier molecular flexibility index (Phi) is 10.4. The van der Waals surface area contributed by atoms with Gasteiger partial charge in [-0.3, -0.25) is 19.6 Å². The minimum absolute atomic E-state index is 0.00972. The summed E-state index contributed by atoms with van der Waals surface area (Å²) in [4.78, 5) is 26.5. The average molecular weight is 832 g/mol. The van der Waals surface area contributed by atoms with Crippen molar-refractivity contribution in [2.24, 2.45) is 5.92 Å². The van der Waals surface area contributed by atoms with Crippen molar-refractivity contribution in [3.05, 3.63) is 67.6 Å². The first-order chi connectivity index (χ1) is 25.2. The molecule has 12 nitrogen and oxygen atoms in total. The third kappa shape index (κ3) is 7.32. The van der Waals surface area contributed by atoms with E-state index in [0.29, 0.717) is 64.8 Å². The lowest BCUT2D eigenvalue weighted by Crippen LogP contribution is -2.43. The van der Waals surface area contributed by atoms with Gasteiger partial charge in [-0.25, -0.2) is 5.06 Å². The van der Waals surface area contributed by atoms with Crippen LogP contribution < -0.4 is 15.4 Å². The molecule has 3 N–H and O–H groups in total. The van der Waals surface area contributed by atoms with Crippen molar-refractivity contribution in [3.8, 4) is 6.01 Å². The predicted octanol–water partition coefficient (Wildman–Crippen LogP) is 6.78. The number of carbonyl (C=O) groups excluding carboxylic acids is 1. The Morgan fingerprint density at radius 2 is 2.04 bits per heavy atom. The van der Waals surface area contributed by atoms with Crippen molar-refractivity contribution in [3.63, 3.8) is 0 Å². The molecule has 0 saturated carbocycles. The Bertz CT molecular complexity index is 1950. The van der Waals surface area contributed by atoms with Gasteiger partial charge in [0.05, 0.1) is 51.2 Å². The van der Waals surface area contributed by atoms with E-state index >= 15 is 0 Å². The summed E-state index contributed by atoms with van der Waals surface area (Å²) >= 11 is 9.60. The lowest BCUT2D eigenvalue weighted by atomic mass is 9.91. The molecular weight excluding hydrogens is 795 g/mol. The molecule has 4 aliphatic rings. The van der Waals surface area contributed by atoms with Crippen LogP contribution in [0.3, 0.4) is 0 Å². The van der Waals surface area contributed by atoms with Crippen LogP contribution in [0.2, 0.25) is 5.02 Å². The minimum Gasteiger partial charge on any atom is -0.461 e. The maximum atomic E-state index is 14.3. The minimum atomic E-state index is -4.78. The van der Waals surface area contributed by atoms with Crippen LogP contribution in [-0.2, 0) is 37.0 Å². The fourth-order valence-electron chi connectivity index (χ4n) is 8.08. The van der Waals surface area contributed by atoms with Crippen molar-refractivity contribution in [2.75, 3.05) is 43.4 Å². The molecule has 3 atom stereocenters. The topological polar surface area (TPSA) is 135 Å². The van der Waals surface area contributed by atoms with E-state index in [-0.39, 0.29) is 61.6 Å². The zero-order valence-corrected chi connectivity index (χ0v) is 30.9. The predicted molar refractivity (Wildman–Crippen MR) is 186 cm³/mol. The van der Waals surface area contributed by atoms with Crippen LogP contribution in [0.1, 0.15) is 77.3 Å². The number of alkyl halides is 3. The number of fused-ring (bicyclic) bond motifs is 3. The van der Waals surface area contributed by atoms with Gasteiger partial charge in [-0.15, -0.1) is 0 Å². The van der Waals surface area contributed by atoms with Gasteiger partial charge in [0.25, 0.3) is 12.0 Å². The average Bonchev–Trinajstić information content (AvgIpc) is 3.68. The number of hydrogen-bond donors (Lipinski definition) is 2. The third-order valence-electron chi connectivity index (χ3n) is 10.5. The van der Waals surface area contributed by atoms with Gasteiger partial charge in [0.2, 0.25) is 0 Å². The molecule has 1 amide bonds. The largest absolute Gasteiger partial charge is 0.461 e. The molecule has 0 spiro atoms. The fourth-order valence-corrected chi connectivity index (χ4v) is 9.00. The number of hydroxylamine groups is 2. The molecular formula is C34H37BrClF5N8O4. The van der Waals surface area contributed by atoms with Crippen LogP contribution in [0.15, 0.2) is 28.8 Å². The highest BCUT2D eigenvalue weighted by atomic mass is 79.9. The monoisotopic (exact) mass is 830 g/mol. The van der Waals surface area contributed by atoms with E-state index in [1.165, 1.54) is 6.07 Å². The van der Waals surface area contributed by atoms with Gasteiger partial charge in [0, 0.05) is 43.9 Å². The maximum absolute atomic E-state index is 14.3. The van der Waals surface area contributed by atoms with Crippen molar-refractivity contribution >= 4 is 44.9 Å². The Hall–Kier alpha value is -3.58. The van der Waals surface area contributed by atoms with Crippen molar-refractivity contribution in [1.82, 2.24) is 29.7 Å². The number of amides is 1. The number of benzene rings is 1. The van der Waals surface area contributed by atoms with Crippen LogP contribution in [0.25, 0.3) is 0 Å². The van der Waals surface area contributed by atoms with Crippen LogP contribution in [0.4, 0.5) is 33.5 Å². The number of aryl methyl sites for hydroxylation is 1. The van der Waals surface area contributed by atoms with Gasteiger partial charge < -0.3 is 20.1 Å². The quantitative estimate of drug-likeness (QED) is 0.108. The van der Waals surface area contributed by atoms with Crippen LogP contribution in [0.5, 0.6) is 6.01 Å². The lowest BCUT2D eigenvalue weighted by molar-refractivity contribution is -0.139. The van der Waals surface area contributed by atoms with E-state index < -0.39 is 40.4 Å². The molecule has 1 aromatic carbocycles. The van der Waals surface area contributed by atoms with Crippen molar-refractivity contribution in [1.29, 1.82) is 0 Å². The normalized spacial score (nSPS) is 22.9. The molecule has 0 radical (unpaired) electrons. The summed E-state index contributed by atoms with van der Waals surface area (Å²) in [5, 5.41) is 14.6. The summed E-state index contributed by atoms with van der Waals surface area (Å²) in [6, 6.07) is 2.25. The van der Waals surface area contributed by atoms with E-state index in [0.717, 1.165) is 31.5 Å². The van der Waals surface area contributed by atoms with E-state index in [2.05, 4.69) is 25.9 Å². The number of carbonyl (C=O) groups is 1. The summed E-state index contributed by atoms with van der Waals surface area (Å²) < 4.78 is 83.8. The number of nitrogens with zero attached hydrogens (tertiary/aromatic N) is 7. The lowest BCUT2D eigenvalue weighted by Gasteiger charge is -2.33. The molecule has 3 aromatic rings. The van der Waals surface area contributed by atoms with E-state index in [1.54, 1.807) is 11.6 Å². The van der Waals surface area contributed by atoms with Gasteiger partial charge in [0.15, 0.2) is 5.69 Å². The van der Waals surface area contributed by atoms with E-state index in [9.17, 15) is 32.0 Å². The molecule has 286 valence electrons. The van der Waals surface area contributed by atoms with Gasteiger partial charge in [-0.05, 0) is 84.8 Å². The zero-order chi connectivity index (χ0) is 37.8. The zero-order valence-electron chi connectivity index (χ0n) is 28.6. The number of halogens is 7. The van der Waals surface area contributed by atoms with E-state index in [4.69, 9.17) is 36.8 Å². The number of nitrogen functional groups attached to an aromatic ring is 1. The Morgan fingerprint density at radius 3 is 2.77 bits per heavy atom. The molecule has 53 heavy (non-hydrogen) atoms. The van der Waals surface area contributed by atoms with Crippen molar-refractivity contribution in [2.45, 2.75) is 76.5 Å². The van der Waals surface area contributed by atoms with Gasteiger partial charge in [0.1, 0.15) is 12.4 Å². The summed E-state index contributed by atoms with van der Waals surface area (Å²) in [6.07, 6.45) is -4.02. The van der Waals surface area contributed by atoms with Gasteiger partial charge in [-0.1, -0.05) is 11.6 Å². The third-order valence-corrected chi connectivity index (χ3v) is 11.6. The molecule has 0 unspecified atom stereocenters. The molecule has 0 aliphatic carbocycles. The van der Waals surface area contributed by atoms with Crippen molar-refractivity contribution < 1.29 is 41.4 Å². The molecule has 7 rings (SSSR count). The Morgan fingerprint density at radius 1 is 1.25 bits per heavy atom. The van der Waals surface area contributed by atoms with Crippen LogP contribution in [0, 0.1) is 5.92 Å². The van der Waals surface area contributed by atoms with Crippen LogP contribution in [-0.4, -0.2) is 79.2 Å². The highest BCUT2D eigenvalue weighted by molar-refractivity contribution is 9.10. The second-order valence-electron chi connectivity index (χ2n) is 13.8. The van der Waals surface area contributed by atoms with E-state index in [1.807, 2.05) is 4.90 Å². The standard InChI is InChI=1S/C34H37BrClF5N8O4/c1-2-49(51)31(50)29-28(35)24-15-46(6-4-8-48(24)45-29)30-21-16-52-25(20-10-19(42)11-22(36)27(20)34(39,40)41)12-23(21)43-32(44-30)53-17-33-5-3-7-47(33)14-18(13-33)9-26(37)38/h9-11,18,25,51H,2-8,12-17,42H2,1H3/t18-,25-,33+/m0/s1. The second-order valence-corrected chi connectivity index (χ2v) is 15.0. The number of nitrogens with two attached hydrogens (primary N) is 1. The summed E-state index contributed by atoms with van der Waals surface area (Å²) in [6.45, 7) is 4.05. The van der Waals surface area contributed by atoms with Gasteiger partial charge in [-0.2, -0.15) is 37.0 Å². The molecule has 6 heterocycles. The number of aromatic nitrogens is 4. The number of hydrogen-bond acceptors (Lipinski definition) is 10. The molecule has 2 saturated heterocycles. The highest BCUT2D eigenvalue weighted by Gasteiger charge is 2.49. The number of ether oxygens (including phenoxy) is 2. The first-order valence-corrected chi connectivity index (χ1v) is 18.4. The SMILES string of the molecule is CCN(O)C(=O)c1nn2c(c1Br)CN(c1nc(OC[C@]34CCCN3C[C@@H](C=C(F)F)C4)nc3c1CO[C@H](c1cc(N)cc(Cl)c1C(F)(F)F)C3)CCC2. The Balaban J connectivity index is 1.26. The fraction of sp³-hybridized carbons (Fsp3) is 0.529. The highest BCUT2D eigenvalue weighted by Crippen LogP contribution is 2.46. The smallest absolute Gasteiger partial charge is 0.418 e. The summed E-state index contributed by atoms with van der Waals surface area (Å²) in [5.41, 5.74) is 5.90. The van der Waals surface area contributed by atoms with Crippen LogP contribution >= 0.6 is 27.5 Å². The number of anilines is 2. The molecule has 2 fully saturated rings. The van der Waals surface area contributed by atoms with Gasteiger partial charge >= 0.3 is 12.2 Å². The summed E-state index contributed by atoms with van der Waals surface area (Å²) in [5.74, 6) is -0.563. The molecule has 19 heteroatoms. The first-order valence-electron chi connectivity index (χ1n) is 17.3. The number of rotatable bonds is 8. The molecule has 2 aromatic heterocycles.